The van der Waals surface area contributed by atoms with Gasteiger partial charge in [0.25, 0.3) is 0 Å². The Bertz CT molecular complexity index is 605. The molecule has 2 N–H and O–H groups in total. The van der Waals surface area contributed by atoms with Crippen molar-refractivity contribution in [2.45, 2.75) is 81.8 Å². The third-order valence-corrected chi connectivity index (χ3v) is 7.94. The summed E-state index contributed by atoms with van der Waals surface area (Å²) in [5, 5.41) is 13.7. The highest BCUT2D eigenvalue weighted by atomic mass is 35.5. The molecule has 28 heavy (non-hydrogen) atoms. The number of aliphatic hydroxyl groups excluding tert-OH is 1. The van der Waals surface area contributed by atoms with Crippen molar-refractivity contribution in [2.24, 2.45) is 17.8 Å². The number of nitrogens with one attached hydrogen (secondary N) is 1. The number of hydrogen-bond donors (Lipinski definition) is 2. The highest BCUT2D eigenvalue weighted by molar-refractivity contribution is 5.85. The summed E-state index contributed by atoms with van der Waals surface area (Å²) in [4.78, 5) is 0. The van der Waals surface area contributed by atoms with Crippen molar-refractivity contribution in [3.63, 3.8) is 0 Å². The van der Waals surface area contributed by atoms with Crippen LogP contribution in [0.1, 0.15) is 69.8 Å². The maximum Gasteiger partial charge on any atom is 0.119 e. The first kappa shape index (κ1) is 20.5. The zero-order valence-electron chi connectivity index (χ0n) is 16.9. The van der Waals surface area contributed by atoms with Crippen molar-refractivity contribution in [3.05, 3.63) is 29.8 Å². The molecule has 1 atom stereocenters. The molecule has 6 rings (SSSR count). The van der Waals surface area contributed by atoms with Crippen LogP contribution in [0, 0.1) is 17.8 Å². The molecule has 5 aliphatic carbocycles. The zero-order valence-corrected chi connectivity index (χ0v) is 17.8. The minimum absolute atomic E-state index is 0. The lowest BCUT2D eigenvalue weighted by Crippen LogP contribution is -2.48. The molecule has 5 saturated carbocycles. The van der Waals surface area contributed by atoms with Crippen molar-refractivity contribution in [1.29, 1.82) is 0 Å². The number of rotatable bonds is 7. The second-order valence-corrected chi connectivity index (χ2v) is 10.1. The Morgan fingerprint density at radius 2 is 1.54 bits per heavy atom. The topological polar surface area (TPSA) is 41.5 Å². The Morgan fingerprint density at radius 3 is 2.11 bits per heavy atom. The van der Waals surface area contributed by atoms with Gasteiger partial charge >= 0.3 is 0 Å². The van der Waals surface area contributed by atoms with E-state index in [0.717, 1.165) is 23.5 Å². The Hall–Kier alpha value is -0.770. The van der Waals surface area contributed by atoms with Crippen molar-refractivity contribution in [1.82, 2.24) is 5.32 Å². The molecule has 0 heterocycles. The first-order valence-corrected chi connectivity index (χ1v) is 11.3. The molecule has 1 aromatic rings. The Balaban J connectivity index is 0.00000192. The van der Waals surface area contributed by atoms with E-state index in [4.69, 9.17) is 4.74 Å². The number of halogens is 1. The summed E-state index contributed by atoms with van der Waals surface area (Å²) in [7, 11) is 0. The Kier molecular flexibility index (Phi) is 6.25. The van der Waals surface area contributed by atoms with Crippen LogP contribution in [0.3, 0.4) is 0 Å². The third-order valence-electron chi connectivity index (χ3n) is 7.94. The first-order valence-electron chi connectivity index (χ1n) is 11.3. The van der Waals surface area contributed by atoms with Gasteiger partial charge in [-0.05, 0) is 92.2 Å². The molecule has 0 amide bonds. The molecule has 1 aromatic carbocycles. The van der Waals surface area contributed by atoms with Gasteiger partial charge in [0.15, 0.2) is 0 Å². The van der Waals surface area contributed by atoms with Crippen LogP contribution >= 0.6 is 12.4 Å². The molecule has 0 radical (unpaired) electrons. The molecule has 4 bridgehead atoms. The van der Waals surface area contributed by atoms with E-state index >= 15 is 0 Å². The average Bonchev–Trinajstić information content (AvgIpc) is 3.18. The van der Waals surface area contributed by atoms with Gasteiger partial charge in [0.2, 0.25) is 0 Å². The molecule has 3 nitrogen and oxygen atoms in total. The van der Waals surface area contributed by atoms with Gasteiger partial charge in [-0.1, -0.05) is 25.0 Å². The molecule has 1 unspecified atom stereocenters. The number of benzene rings is 1. The quantitative estimate of drug-likeness (QED) is 0.681. The predicted octanol–water partition coefficient (Wildman–Crippen LogP) is 4.85. The van der Waals surface area contributed by atoms with Gasteiger partial charge in [0.05, 0.1) is 0 Å². The fraction of sp³-hybridized carbons (Fsp3) is 0.750. The number of aliphatic hydroxyl groups is 1. The van der Waals surface area contributed by atoms with Crippen molar-refractivity contribution in [3.8, 4) is 5.75 Å². The molecule has 5 fully saturated rings. The lowest BCUT2D eigenvalue weighted by molar-refractivity contribution is -0.00521. The van der Waals surface area contributed by atoms with Crippen LogP contribution in [0.25, 0.3) is 0 Å². The number of ether oxygens (including phenoxy) is 1. The van der Waals surface area contributed by atoms with E-state index in [1.165, 1.54) is 69.8 Å². The van der Waals surface area contributed by atoms with E-state index in [0.29, 0.717) is 24.6 Å². The van der Waals surface area contributed by atoms with Gasteiger partial charge in [0, 0.05) is 12.6 Å². The van der Waals surface area contributed by atoms with Crippen molar-refractivity contribution in [2.75, 3.05) is 13.2 Å². The SMILES string of the molecule is Cl.OC(CNC1CCCC1)COc1ccc(C23CC4CC(CC(C4)C2)C3)cc1. The summed E-state index contributed by atoms with van der Waals surface area (Å²) >= 11 is 0. The van der Waals surface area contributed by atoms with E-state index in [9.17, 15) is 5.11 Å². The number of hydrogen-bond acceptors (Lipinski definition) is 3. The van der Waals surface area contributed by atoms with E-state index < -0.39 is 6.10 Å². The van der Waals surface area contributed by atoms with Gasteiger partial charge < -0.3 is 15.2 Å². The average molecular weight is 406 g/mol. The van der Waals surface area contributed by atoms with E-state index in [2.05, 4.69) is 29.6 Å². The van der Waals surface area contributed by atoms with E-state index in [1.54, 1.807) is 0 Å². The third kappa shape index (κ3) is 4.22. The minimum atomic E-state index is -0.437. The lowest BCUT2D eigenvalue weighted by Gasteiger charge is -2.57. The van der Waals surface area contributed by atoms with E-state index in [1.807, 2.05) is 0 Å². The fourth-order valence-electron chi connectivity index (χ4n) is 7.05. The maximum absolute atomic E-state index is 10.2. The minimum Gasteiger partial charge on any atom is -0.491 e. The first-order chi connectivity index (χ1) is 13.2. The summed E-state index contributed by atoms with van der Waals surface area (Å²) in [5.74, 6) is 3.84. The van der Waals surface area contributed by atoms with E-state index in [-0.39, 0.29) is 12.4 Å². The highest BCUT2D eigenvalue weighted by Gasteiger charge is 2.51. The fourth-order valence-corrected chi connectivity index (χ4v) is 7.05. The molecular weight excluding hydrogens is 370 g/mol. The summed E-state index contributed by atoms with van der Waals surface area (Å²) in [6.45, 7) is 1.01. The largest absolute Gasteiger partial charge is 0.491 e. The van der Waals surface area contributed by atoms with Gasteiger partial charge in [-0.3, -0.25) is 0 Å². The van der Waals surface area contributed by atoms with Crippen LogP contribution in [0.4, 0.5) is 0 Å². The highest BCUT2D eigenvalue weighted by Crippen LogP contribution is 2.60. The molecule has 156 valence electrons. The van der Waals surface area contributed by atoms with Crippen LogP contribution in [-0.4, -0.2) is 30.4 Å². The molecule has 0 saturated heterocycles. The summed E-state index contributed by atoms with van der Waals surface area (Å²) < 4.78 is 5.87. The van der Waals surface area contributed by atoms with Gasteiger partial charge in [-0.2, -0.15) is 0 Å². The van der Waals surface area contributed by atoms with Crippen LogP contribution in [0.15, 0.2) is 24.3 Å². The van der Waals surface area contributed by atoms with Gasteiger partial charge in [0.1, 0.15) is 18.5 Å². The smallest absolute Gasteiger partial charge is 0.119 e. The molecule has 5 aliphatic rings. The lowest BCUT2D eigenvalue weighted by atomic mass is 9.48. The molecular formula is C24H36ClNO2. The summed E-state index contributed by atoms with van der Waals surface area (Å²) in [6.07, 6.45) is 13.4. The van der Waals surface area contributed by atoms with Crippen molar-refractivity contribution >= 4 is 12.4 Å². The van der Waals surface area contributed by atoms with Crippen LogP contribution < -0.4 is 10.1 Å². The normalized spacial score (nSPS) is 35.0. The molecule has 4 heteroatoms. The molecule has 0 spiro atoms. The predicted molar refractivity (Wildman–Crippen MR) is 115 cm³/mol. The summed E-state index contributed by atoms with van der Waals surface area (Å²) in [5.41, 5.74) is 2.00. The van der Waals surface area contributed by atoms with Crippen molar-refractivity contribution < 1.29 is 9.84 Å². The zero-order chi connectivity index (χ0) is 18.3. The second kappa shape index (κ2) is 8.53. The molecule has 0 aromatic heterocycles. The van der Waals surface area contributed by atoms with Crippen LogP contribution in [-0.2, 0) is 5.41 Å². The Labute approximate surface area is 176 Å². The maximum atomic E-state index is 10.2. The second-order valence-electron chi connectivity index (χ2n) is 10.1. The Morgan fingerprint density at radius 1 is 0.964 bits per heavy atom. The molecule has 0 aliphatic heterocycles. The van der Waals surface area contributed by atoms with Crippen LogP contribution in [0.5, 0.6) is 5.75 Å². The monoisotopic (exact) mass is 405 g/mol. The van der Waals surface area contributed by atoms with Gasteiger partial charge in [-0.25, -0.2) is 0 Å². The summed E-state index contributed by atoms with van der Waals surface area (Å²) in [6, 6.07) is 9.48. The van der Waals surface area contributed by atoms with Crippen LogP contribution in [0.2, 0.25) is 0 Å². The van der Waals surface area contributed by atoms with Gasteiger partial charge in [-0.15, -0.1) is 12.4 Å². The standard InChI is InChI=1S/C24H35NO2.ClH/c26-22(15-25-21-3-1-2-4-21)16-27-23-7-5-20(6-8-23)24-12-17-9-18(13-24)11-19(10-17)14-24;/h5-8,17-19,21-22,25-26H,1-4,9-16H2;1H.